The molecule has 7 atom stereocenters. The largest absolute Gasteiger partial charge is 0.497 e. The van der Waals surface area contributed by atoms with E-state index in [0.29, 0.717) is 62.1 Å². The van der Waals surface area contributed by atoms with Crippen LogP contribution in [0.4, 0.5) is 13.2 Å². The summed E-state index contributed by atoms with van der Waals surface area (Å²) >= 11 is 0. The minimum Gasteiger partial charge on any atom is -0.497 e. The lowest BCUT2D eigenvalue weighted by Gasteiger charge is -2.33. The number of pyridine rings is 1. The Morgan fingerprint density at radius 1 is 1.10 bits per heavy atom. The number of aromatic nitrogens is 1. The second-order valence-corrected chi connectivity index (χ2v) is 20.9. The van der Waals surface area contributed by atoms with E-state index in [1.165, 1.54) is 4.90 Å². The number of nitrogens with zero attached hydrogens (tertiary/aromatic N) is 2. The van der Waals surface area contributed by atoms with E-state index in [9.17, 15) is 40.8 Å². The molecule has 2 amide bonds. The average molecular weight is 876 g/mol. The normalized spacial score (nSPS) is 29.8. The van der Waals surface area contributed by atoms with Gasteiger partial charge < -0.3 is 23.8 Å². The Labute approximate surface area is 354 Å². The molecular weight excluding hydrogens is 820 g/mol. The molecule has 3 fully saturated rings. The van der Waals surface area contributed by atoms with E-state index in [0.717, 1.165) is 31.2 Å². The number of nitrogens with one attached hydrogen (secondary N) is 1. The monoisotopic (exact) mass is 875 g/mol. The maximum absolute atomic E-state index is 15.0. The lowest BCUT2D eigenvalue weighted by Crippen LogP contribution is -2.48. The molecule has 17 heteroatoms. The number of ether oxygens (including phenoxy) is 4. The Hall–Kier alpha value is -4.41. The van der Waals surface area contributed by atoms with Crippen molar-refractivity contribution in [2.75, 3.05) is 20.3 Å². The maximum Gasteiger partial charge on any atom is 0.427 e. The highest BCUT2D eigenvalue weighted by atomic mass is 32.2. The zero-order valence-corrected chi connectivity index (χ0v) is 36.4. The van der Waals surface area contributed by atoms with Gasteiger partial charge in [0.1, 0.15) is 11.9 Å². The molecule has 1 saturated heterocycles. The van der Waals surface area contributed by atoms with Gasteiger partial charge in [0.25, 0.3) is 0 Å². The number of halogens is 3. The number of sulfonamides is 1. The van der Waals surface area contributed by atoms with Gasteiger partial charge in [0.05, 0.1) is 48.8 Å². The number of carbonyl (C=O) groups is 4. The van der Waals surface area contributed by atoms with Crippen molar-refractivity contribution in [3.05, 3.63) is 35.9 Å². The van der Waals surface area contributed by atoms with Crippen LogP contribution in [0.5, 0.6) is 17.5 Å². The van der Waals surface area contributed by atoms with Crippen LogP contribution in [0.2, 0.25) is 0 Å². The summed E-state index contributed by atoms with van der Waals surface area (Å²) in [4.78, 5) is 63.2. The lowest BCUT2D eigenvalue weighted by molar-refractivity contribution is -0.257. The minimum absolute atomic E-state index is 0.00991. The number of methoxy groups -OCH3 is 1. The van der Waals surface area contributed by atoms with Gasteiger partial charge in [0, 0.05) is 23.8 Å². The molecule has 0 radical (unpaired) electrons. The number of amides is 2. The van der Waals surface area contributed by atoms with E-state index in [1.807, 2.05) is 31.2 Å². The number of aryl methyl sites for hydroxylation is 1. The molecule has 0 bridgehead atoms. The van der Waals surface area contributed by atoms with Gasteiger partial charge >= 0.3 is 12.1 Å². The van der Waals surface area contributed by atoms with Crippen molar-refractivity contribution in [2.45, 2.75) is 134 Å². The number of alkyl halides is 3. The number of fused-ring (bicyclic) bond motifs is 5. The molecule has 1 aromatic carbocycles. The smallest absolute Gasteiger partial charge is 0.427 e. The molecule has 3 aliphatic heterocycles. The zero-order chi connectivity index (χ0) is 44.3. The molecular formula is C44H56F3N3O10S. The first-order chi connectivity index (χ1) is 28.6. The molecule has 2 aromatic rings. The molecule has 2 saturated carbocycles. The van der Waals surface area contributed by atoms with Gasteiger partial charge in [-0.1, -0.05) is 26.0 Å². The SMILES string of the molecule is COc1ccc2c(O[C@@H]3C[C@H]4C(=O)C[C@]5(C(=O)NS(=O)(=O)C6(C)CC6)C[C@H]5/C=C\CC[C@H](C)C[C@@H](C)[C@H](CC(=O)OC(C)(C)C(F)(F)F)C(=O)N4C3)nc3c(c2c1)CCCO3. The average Bonchev–Trinajstić information content (AvgIpc) is 4.07. The van der Waals surface area contributed by atoms with E-state index in [4.69, 9.17) is 23.9 Å². The van der Waals surface area contributed by atoms with Crippen LogP contribution in [-0.2, 0) is 40.4 Å². The van der Waals surface area contributed by atoms with Crippen LogP contribution in [0.15, 0.2) is 30.4 Å². The van der Waals surface area contributed by atoms with Gasteiger partial charge in [0.15, 0.2) is 5.78 Å². The number of carbonyl (C=O) groups excluding carboxylic acids is 4. The van der Waals surface area contributed by atoms with Crippen molar-refractivity contribution in [3.63, 3.8) is 0 Å². The quantitative estimate of drug-likeness (QED) is 0.208. The fraction of sp³-hybridized carbons (Fsp3) is 0.659. The summed E-state index contributed by atoms with van der Waals surface area (Å²) < 4.78 is 92.3. The third-order valence-electron chi connectivity index (χ3n) is 13.6. The Morgan fingerprint density at radius 2 is 1.84 bits per heavy atom. The summed E-state index contributed by atoms with van der Waals surface area (Å²) in [5.41, 5.74) is -3.32. The molecule has 1 N–H and O–H groups in total. The molecule has 334 valence electrons. The van der Waals surface area contributed by atoms with Crippen molar-refractivity contribution in [1.29, 1.82) is 0 Å². The Kier molecular flexibility index (Phi) is 12.0. The predicted molar refractivity (Wildman–Crippen MR) is 217 cm³/mol. The summed E-state index contributed by atoms with van der Waals surface area (Å²) in [5.74, 6) is -4.04. The number of hydrogen-bond acceptors (Lipinski definition) is 11. The van der Waals surface area contributed by atoms with Crippen LogP contribution in [0.3, 0.4) is 0 Å². The zero-order valence-electron chi connectivity index (χ0n) is 35.6. The lowest BCUT2D eigenvalue weighted by atomic mass is 9.82. The number of esters is 1. The summed E-state index contributed by atoms with van der Waals surface area (Å²) in [6.45, 7) is 7.10. The van der Waals surface area contributed by atoms with Crippen LogP contribution in [0.1, 0.15) is 104 Å². The molecule has 13 nitrogen and oxygen atoms in total. The fourth-order valence-corrected chi connectivity index (χ4v) is 10.4. The molecule has 1 aromatic heterocycles. The van der Waals surface area contributed by atoms with Crippen LogP contribution in [0, 0.1) is 29.1 Å². The van der Waals surface area contributed by atoms with E-state index in [-0.39, 0.29) is 37.6 Å². The maximum atomic E-state index is 15.0. The number of ketones is 1. The van der Waals surface area contributed by atoms with E-state index < -0.39 is 91.8 Å². The third-order valence-corrected chi connectivity index (χ3v) is 15.7. The third kappa shape index (κ3) is 8.95. The highest BCUT2D eigenvalue weighted by Crippen LogP contribution is 2.58. The number of benzene rings is 1. The minimum atomic E-state index is -4.87. The Balaban J connectivity index is 1.25. The Bertz CT molecular complexity index is 2220. The molecule has 0 unspecified atom stereocenters. The predicted octanol–water partition coefficient (Wildman–Crippen LogP) is 6.78. The van der Waals surface area contributed by atoms with Crippen LogP contribution < -0.4 is 18.9 Å². The van der Waals surface area contributed by atoms with E-state index in [2.05, 4.69) is 4.72 Å². The number of rotatable bonds is 9. The summed E-state index contributed by atoms with van der Waals surface area (Å²) in [6, 6.07) is 4.25. The second-order valence-electron chi connectivity index (χ2n) is 18.7. The van der Waals surface area contributed by atoms with Crippen LogP contribution in [-0.4, -0.2) is 90.8 Å². The molecule has 0 spiro atoms. The van der Waals surface area contributed by atoms with Crippen molar-refractivity contribution in [2.24, 2.45) is 29.1 Å². The first-order valence-corrected chi connectivity index (χ1v) is 22.7. The van der Waals surface area contributed by atoms with Crippen molar-refractivity contribution in [3.8, 4) is 17.5 Å². The van der Waals surface area contributed by atoms with Gasteiger partial charge in [-0.3, -0.25) is 23.9 Å². The van der Waals surface area contributed by atoms with E-state index >= 15 is 0 Å². The number of Topliss-reactive ketones (excluding diaryl/α,β-unsaturated/α-hetero) is 1. The van der Waals surface area contributed by atoms with Crippen molar-refractivity contribution >= 4 is 44.4 Å². The first-order valence-electron chi connectivity index (χ1n) is 21.2. The van der Waals surface area contributed by atoms with E-state index in [1.54, 1.807) is 27.0 Å². The van der Waals surface area contributed by atoms with Crippen LogP contribution in [0.25, 0.3) is 10.8 Å². The topological polar surface area (TPSA) is 167 Å². The van der Waals surface area contributed by atoms with Gasteiger partial charge in [-0.2, -0.15) is 18.2 Å². The number of allylic oxidation sites excluding steroid dienone is 2. The first kappa shape index (κ1) is 44.6. The van der Waals surface area contributed by atoms with Crippen molar-refractivity contribution in [1.82, 2.24) is 14.6 Å². The van der Waals surface area contributed by atoms with Gasteiger partial charge in [-0.25, -0.2) is 8.42 Å². The standard InChI is InChI=1S/C44H56F3N3O10S/c1-25-10-7-8-11-27-22-43(27,40(54)49-61(55,56)42(5)15-16-42)23-35(51)34-20-29(59-38-31-14-13-28(57-6)19-33(31)30-12-9-17-58-37(30)48-38)24-50(34)39(53)32(26(2)18-25)21-36(52)60-41(3,4)44(45,46)47/h8,11,13-14,19,25-27,29,32,34H,7,9-10,12,15-18,20-24H2,1-6H3,(H,49,54)/b11-8-/t25-,26+,27+,29+,32-,34-,43+/m0/s1. The molecule has 4 heterocycles. The molecule has 2 aliphatic carbocycles. The Morgan fingerprint density at radius 3 is 2.52 bits per heavy atom. The van der Waals surface area contributed by atoms with Crippen LogP contribution >= 0.6 is 0 Å². The highest BCUT2D eigenvalue weighted by Gasteiger charge is 2.63. The molecule has 61 heavy (non-hydrogen) atoms. The number of hydrogen-bond donors (Lipinski definition) is 1. The van der Waals surface area contributed by atoms with Gasteiger partial charge in [-0.15, -0.1) is 0 Å². The van der Waals surface area contributed by atoms with Gasteiger partial charge in [-0.05, 0) is 113 Å². The summed E-state index contributed by atoms with van der Waals surface area (Å²) in [6.07, 6.45) is 1.18. The highest BCUT2D eigenvalue weighted by molar-refractivity contribution is 7.91. The van der Waals surface area contributed by atoms with Gasteiger partial charge in [0.2, 0.25) is 39.2 Å². The molecule has 7 rings (SSSR count). The second kappa shape index (κ2) is 16.4. The summed E-state index contributed by atoms with van der Waals surface area (Å²) in [5, 5.41) is 1.45. The summed E-state index contributed by atoms with van der Waals surface area (Å²) in [7, 11) is -2.48. The molecule has 5 aliphatic rings. The fourth-order valence-electron chi connectivity index (χ4n) is 9.10. The van der Waals surface area contributed by atoms with Crippen molar-refractivity contribution < 1.29 is 59.7 Å².